The Balaban J connectivity index is 3.87. The topological polar surface area (TPSA) is 20.3 Å². The average molecular weight is 125 g/mol. The van der Waals surface area contributed by atoms with Crippen LogP contribution in [-0.2, 0) is 4.79 Å². The second-order valence-electron chi connectivity index (χ2n) is 1.63. The number of hydrogen-bond donors (Lipinski definition) is 0. The van der Waals surface area contributed by atoms with Crippen LogP contribution >= 0.6 is 0 Å². The largest absolute Gasteiger partial charge is 0.319 e. The molecule has 0 aliphatic carbocycles. The van der Waals surface area contributed by atoms with Gasteiger partial charge < -0.3 is 4.90 Å². The number of rotatable bonds is 2. The van der Waals surface area contributed by atoms with Gasteiger partial charge in [0.25, 0.3) is 0 Å². The zero-order valence-corrected chi connectivity index (χ0v) is 5.79. The van der Waals surface area contributed by atoms with E-state index in [9.17, 15) is 4.79 Å². The molecule has 50 valence electrons. The summed E-state index contributed by atoms with van der Waals surface area (Å²) in [6.07, 6.45) is 4.66. The molecule has 0 atom stereocenters. The lowest BCUT2D eigenvalue weighted by Gasteiger charge is -2.05. The van der Waals surface area contributed by atoms with Gasteiger partial charge >= 0.3 is 0 Å². The quantitative estimate of drug-likeness (QED) is 0.507. The van der Waals surface area contributed by atoms with Crippen molar-refractivity contribution < 1.29 is 4.79 Å². The third-order valence-corrected chi connectivity index (χ3v) is 0.931. The second kappa shape index (κ2) is 3.89. The van der Waals surface area contributed by atoms with Crippen LogP contribution in [0, 0.1) is 0 Å². The van der Waals surface area contributed by atoms with Crippen molar-refractivity contribution in [3.63, 3.8) is 0 Å². The number of carbonyl (C=O) groups is 1. The van der Waals surface area contributed by atoms with Crippen molar-refractivity contribution in [2.24, 2.45) is 0 Å². The monoisotopic (exact) mass is 125 g/mol. The van der Waals surface area contributed by atoms with E-state index in [0.717, 1.165) is 0 Å². The number of carbonyl (C=O) groups excluding carboxylic acids is 1. The third-order valence-electron chi connectivity index (χ3n) is 0.931. The summed E-state index contributed by atoms with van der Waals surface area (Å²) in [6, 6.07) is 0. The molecule has 0 unspecified atom stereocenters. The van der Waals surface area contributed by atoms with Crippen molar-refractivity contribution in [2.75, 3.05) is 7.05 Å². The van der Waals surface area contributed by atoms with Crippen molar-refractivity contribution in [3.8, 4) is 0 Å². The predicted molar refractivity (Wildman–Crippen MR) is 37.8 cm³/mol. The Labute approximate surface area is 55.5 Å². The van der Waals surface area contributed by atoms with Crippen LogP contribution in [0.25, 0.3) is 0 Å². The van der Waals surface area contributed by atoms with Crippen LogP contribution in [0.5, 0.6) is 0 Å². The SMILES string of the molecule is C=CN(C)C(=O)/C=C\C. The molecule has 0 fully saturated rings. The molecule has 0 aromatic carbocycles. The highest BCUT2D eigenvalue weighted by molar-refractivity contribution is 5.87. The Kier molecular flexibility index (Phi) is 3.44. The number of hydrogen-bond acceptors (Lipinski definition) is 1. The smallest absolute Gasteiger partial charge is 0.249 e. The van der Waals surface area contributed by atoms with Gasteiger partial charge in [0.2, 0.25) is 5.91 Å². The van der Waals surface area contributed by atoms with Crippen molar-refractivity contribution in [1.82, 2.24) is 4.90 Å². The van der Waals surface area contributed by atoms with Gasteiger partial charge in [-0.2, -0.15) is 0 Å². The van der Waals surface area contributed by atoms with E-state index >= 15 is 0 Å². The van der Waals surface area contributed by atoms with Crippen LogP contribution in [0.2, 0.25) is 0 Å². The fraction of sp³-hybridized carbons (Fsp3) is 0.286. The molecular formula is C7H11NO. The standard InChI is InChI=1S/C7H11NO/c1-4-6-7(9)8(3)5-2/h4-6H,2H2,1,3H3/b6-4-. The molecule has 1 amide bonds. The van der Waals surface area contributed by atoms with E-state index in [0.29, 0.717) is 0 Å². The Morgan fingerprint density at radius 2 is 2.22 bits per heavy atom. The van der Waals surface area contributed by atoms with Gasteiger partial charge in [0, 0.05) is 7.05 Å². The van der Waals surface area contributed by atoms with E-state index in [1.54, 1.807) is 20.0 Å². The lowest BCUT2D eigenvalue weighted by Crippen LogP contribution is -2.17. The minimum atomic E-state index is -0.0486. The highest BCUT2D eigenvalue weighted by atomic mass is 16.2. The molecule has 0 aliphatic rings. The molecule has 2 nitrogen and oxygen atoms in total. The van der Waals surface area contributed by atoms with Gasteiger partial charge in [-0.15, -0.1) is 0 Å². The minimum absolute atomic E-state index is 0.0486. The lowest BCUT2D eigenvalue weighted by atomic mass is 10.5. The summed E-state index contributed by atoms with van der Waals surface area (Å²) >= 11 is 0. The average Bonchev–Trinajstić information content (AvgIpc) is 1.87. The number of amides is 1. The fourth-order valence-electron chi connectivity index (χ4n) is 0.350. The van der Waals surface area contributed by atoms with Crippen LogP contribution in [0.4, 0.5) is 0 Å². The van der Waals surface area contributed by atoms with Gasteiger partial charge in [-0.1, -0.05) is 12.7 Å². The van der Waals surface area contributed by atoms with Crippen LogP contribution in [-0.4, -0.2) is 17.9 Å². The van der Waals surface area contributed by atoms with Gasteiger partial charge in [-0.05, 0) is 19.2 Å². The Morgan fingerprint density at radius 3 is 2.56 bits per heavy atom. The molecule has 0 N–H and O–H groups in total. The molecule has 0 saturated heterocycles. The molecule has 0 bridgehead atoms. The maximum Gasteiger partial charge on any atom is 0.249 e. The molecule has 9 heavy (non-hydrogen) atoms. The molecule has 0 aromatic rings. The second-order valence-corrected chi connectivity index (χ2v) is 1.63. The highest BCUT2D eigenvalue weighted by Gasteiger charge is 1.95. The van der Waals surface area contributed by atoms with E-state index in [2.05, 4.69) is 6.58 Å². The maximum atomic E-state index is 10.7. The third kappa shape index (κ3) is 2.69. The first-order valence-electron chi connectivity index (χ1n) is 2.74. The van der Waals surface area contributed by atoms with Crippen LogP contribution < -0.4 is 0 Å². The molecular weight excluding hydrogens is 114 g/mol. The van der Waals surface area contributed by atoms with E-state index < -0.39 is 0 Å². The summed E-state index contributed by atoms with van der Waals surface area (Å²) in [7, 11) is 1.66. The molecule has 0 aliphatic heterocycles. The zero-order valence-electron chi connectivity index (χ0n) is 5.79. The molecule has 2 heteroatoms. The van der Waals surface area contributed by atoms with Crippen molar-refractivity contribution >= 4 is 5.91 Å². The van der Waals surface area contributed by atoms with Gasteiger partial charge in [0.1, 0.15) is 0 Å². The van der Waals surface area contributed by atoms with E-state index in [4.69, 9.17) is 0 Å². The first-order chi connectivity index (χ1) is 4.22. The summed E-state index contributed by atoms with van der Waals surface area (Å²) in [6.45, 7) is 5.24. The molecule has 0 radical (unpaired) electrons. The summed E-state index contributed by atoms with van der Waals surface area (Å²) in [5.41, 5.74) is 0. The van der Waals surface area contributed by atoms with Gasteiger partial charge in [-0.25, -0.2) is 0 Å². The Hall–Kier alpha value is -1.05. The number of likely N-dealkylation sites (N-methyl/N-ethyl adjacent to an activating group) is 1. The molecule has 0 rings (SSSR count). The summed E-state index contributed by atoms with van der Waals surface area (Å²) in [4.78, 5) is 12.2. The van der Waals surface area contributed by atoms with Gasteiger partial charge in [0.05, 0.1) is 0 Å². The van der Waals surface area contributed by atoms with Crippen molar-refractivity contribution in [3.05, 3.63) is 24.9 Å². The van der Waals surface area contributed by atoms with Gasteiger partial charge in [0.15, 0.2) is 0 Å². The first-order valence-corrected chi connectivity index (χ1v) is 2.74. The maximum absolute atomic E-state index is 10.7. The molecule has 0 heterocycles. The summed E-state index contributed by atoms with van der Waals surface area (Å²) in [5.74, 6) is -0.0486. The molecule has 0 aromatic heterocycles. The minimum Gasteiger partial charge on any atom is -0.319 e. The zero-order chi connectivity index (χ0) is 7.28. The summed E-state index contributed by atoms with van der Waals surface area (Å²) < 4.78 is 0. The fourth-order valence-corrected chi connectivity index (χ4v) is 0.350. The molecule has 0 saturated carbocycles. The van der Waals surface area contributed by atoms with E-state index in [1.807, 2.05) is 0 Å². The first kappa shape index (κ1) is 7.95. The van der Waals surface area contributed by atoms with Gasteiger partial charge in [-0.3, -0.25) is 4.79 Å². The summed E-state index contributed by atoms with van der Waals surface area (Å²) in [5, 5.41) is 0. The van der Waals surface area contributed by atoms with Crippen LogP contribution in [0.15, 0.2) is 24.9 Å². The highest BCUT2D eigenvalue weighted by Crippen LogP contribution is 1.84. The van der Waals surface area contributed by atoms with E-state index in [-0.39, 0.29) is 5.91 Å². The van der Waals surface area contributed by atoms with Crippen molar-refractivity contribution in [2.45, 2.75) is 6.92 Å². The van der Waals surface area contributed by atoms with Crippen LogP contribution in [0.3, 0.4) is 0 Å². The molecule has 0 spiro atoms. The lowest BCUT2D eigenvalue weighted by molar-refractivity contribution is -0.122. The number of allylic oxidation sites excluding steroid dienone is 1. The van der Waals surface area contributed by atoms with E-state index in [1.165, 1.54) is 17.2 Å². The Morgan fingerprint density at radius 1 is 1.67 bits per heavy atom. The Bertz CT molecular complexity index is 138. The van der Waals surface area contributed by atoms with Crippen LogP contribution in [0.1, 0.15) is 6.92 Å². The van der Waals surface area contributed by atoms with Crippen molar-refractivity contribution in [1.29, 1.82) is 0 Å². The number of nitrogens with zero attached hydrogens (tertiary/aromatic N) is 1. The predicted octanol–water partition coefficient (Wildman–Crippen LogP) is 1.16. The normalized spacial score (nSPS) is 9.56.